The molecule has 3 rings (SSSR count). The van der Waals surface area contributed by atoms with Crippen molar-refractivity contribution in [2.45, 2.75) is 39.7 Å². The first kappa shape index (κ1) is 17.7. The standard InChI is InChI=1S/C20H27N3O2/c1-13-7-9-16(10-8-13)19-17(6-5-11-25-19)12-21-20(24)18-14(2)22-23(4)15(18)3/h7-10,17,19H,5-6,11-12H2,1-4H3,(H,21,24)/t17-,19+/m0/s1. The molecule has 1 fully saturated rings. The van der Waals surface area contributed by atoms with Crippen LogP contribution >= 0.6 is 0 Å². The van der Waals surface area contributed by atoms with Crippen molar-refractivity contribution >= 4 is 5.91 Å². The van der Waals surface area contributed by atoms with Gasteiger partial charge >= 0.3 is 0 Å². The average Bonchev–Trinajstić information content (AvgIpc) is 2.86. The molecule has 2 aromatic rings. The van der Waals surface area contributed by atoms with Crippen molar-refractivity contribution in [2.75, 3.05) is 13.2 Å². The molecule has 2 atom stereocenters. The second-order valence-corrected chi connectivity index (χ2v) is 6.98. The molecule has 1 aromatic heterocycles. The van der Waals surface area contributed by atoms with E-state index < -0.39 is 0 Å². The third kappa shape index (κ3) is 3.76. The minimum Gasteiger partial charge on any atom is -0.373 e. The first-order valence-corrected chi connectivity index (χ1v) is 8.94. The highest BCUT2D eigenvalue weighted by Crippen LogP contribution is 2.33. The summed E-state index contributed by atoms with van der Waals surface area (Å²) in [6.07, 6.45) is 2.14. The van der Waals surface area contributed by atoms with Gasteiger partial charge in [0, 0.05) is 31.8 Å². The van der Waals surface area contributed by atoms with Gasteiger partial charge in [-0.2, -0.15) is 5.10 Å². The van der Waals surface area contributed by atoms with Gasteiger partial charge in [-0.1, -0.05) is 29.8 Å². The Balaban J connectivity index is 1.69. The molecule has 1 amide bonds. The number of benzene rings is 1. The van der Waals surface area contributed by atoms with Gasteiger partial charge in [0.15, 0.2) is 0 Å². The number of carbonyl (C=O) groups excluding carboxylic acids is 1. The molecule has 0 spiro atoms. The Labute approximate surface area is 149 Å². The SMILES string of the molecule is Cc1ccc([C@H]2OCCC[C@H]2CNC(=O)c2c(C)nn(C)c2C)cc1. The number of hydrogen-bond donors (Lipinski definition) is 1. The zero-order valence-electron chi connectivity index (χ0n) is 15.5. The van der Waals surface area contributed by atoms with Gasteiger partial charge in [-0.3, -0.25) is 9.48 Å². The second-order valence-electron chi connectivity index (χ2n) is 6.98. The highest BCUT2D eigenvalue weighted by Gasteiger charge is 2.28. The summed E-state index contributed by atoms with van der Waals surface area (Å²) in [6, 6.07) is 8.50. The second kappa shape index (κ2) is 7.40. The molecule has 0 aliphatic carbocycles. The molecule has 5 heteroatoms. The summed E-state index contributed by atoms with van der Waals surface area (Å²) in [6.45, 7) is 7.28. The predicted octanol–water partition coefficient (Wildman–Crippen LogP) is 3.24. The number of carbonyl (C=O) groups is 1. The van der Waals surface area contributed by atoms with E-state index in [1.54, 1.807) is 4.68 Å². The number of amides is 1. The Bertz CT molecular complexity index is 749. The van der Waals surface area contributed by atoms with Gasteiger partial charge in [0.05, 0.1) is 17.4 Å². The van der Waals surface area contributed by atoms with Gasteiger partial charge in [-0.15, -0.1) is 0 Å². The zero-order chi connectivity index (χ0) is 18.0. The van der Waals surface area contributed by atoms with Crippen LogP contribution in [0.5, 0.6) is 0 Å². The van der Waals surface area contributed by atoms with Crippen LogP contribution in [0.1, 0.15) is 51.8 Å². The molecule has 1 saturated heterocycles. The fourth-order valence-electron chi connectivity index (χ4n) is 3.59. The number of rotatable bonds is 4. The van der Waals surface area contributed by atoms with E-state index in [4.69, 9.17) is 4.74 Å². The van der Waals surface area contributed by atoms with E-state index in [2.05, 4.69) is 41.6 Å². The highest BCUT2D eigenvalue weighted by atomic mass is 16.5. The molecule has 1 aliphatic rings. The predicted molar refractivity (Wildman–Crippen MR) is 97.6 cm³/mol. The Morgan fingerprint density at radius 2 is 2.00 bits per heavy atom. The lowest BCUT2D eigenvalue weighted by Crippen LogP contribution is -2.35. The Hall–Kier alpha value is -2.14. The molecule has 0 saturated carbocycles. The van der Waals surface area contributed by atoms with Gasteiger partial charge in [0.2, 0.25) is 0 Å². The van der Waals surface area contributed by atoms with Crippen LogP contribution < -0.4 is 5.32 Å². The normalized spacial score (nSPS) is 20.5. The summed E-state index contributed by atoms with van der Waals surface area (Å²) >= 11 is 0. The largest absolute Gasteiger partial charge is 0.373 e. The van der Waals surface area contributed by atoms with E-state index in [0.717, 1.165) is 30.8 Å². The molecule has 5 nitrogen and oxygen atoms in total. The molecule has 25 heavy (non-hydrogen) atoms. The number of ether oxygens (including phenoxy) is 1. The Morgan fingerprint density at radius 1 is 1.28 bits per heavy atom. The van der Waals surface area contributed by atoms with Crippen molar-refractivity contribution < 1.29 is 9.53 Å². The lowest BCUT2D eigenvalue weighted by molar-refractivity contribution is -0.0272. The van der Waals surface area contributed by atoms with E-state index in [9.17, 15) is 4.79 Å². The number of aromatic nitrogens is 2. The maximum absolute atomic E-state index is 12.6. The number of nitrogens with one attached hydrogen (secondary N) is 1. The quantitative estimate of drug-likeness (QED) is 0.929. The van der Waals surface area contributed by atoms with Crippen LogP contribution in [-0.2, 0) is 11.8 Å². The monoisotopic (exact) mass is 341 g/mol. The Morgan fingerprint density at radius 3 is 2.64 bits per heavy atom. The van der Waals surface area contributed by atoms with Crippen molar-refractivity contribution in [3.63, 3.8) is 0 Å². The third-order valence-corrected chi connectivity index (χ3v) is 5.11. The minimum atomic E-state index is -0.0451. The molecule has 0 bridgehead atoms. The number of aryl methyl sites for hydroxylation is 3. The van der Waals surface area contributed by atoms with Crippen LogP contribution in [0.4, 0.5) is 0 Å². The highest BCUT2D eigenvalue weighted by molar-refractivity contribution is 5.96. The van der Waals surface area contributed by atoms with Crippen LogP contribution in [0.25, 0.3) is 0 Å². The van der Waals surface area contributed by atoms with Crippen LogP contribution in [-0.4, -0.2) is 28.8 Å². The van der Waals surface area contributed by atoms with Crippen molar-refractivity contribution in [2.24, 2.45) is 13.0 Å². The fraction of sp³-hybridized carbons (Fsp3) is 0.500. The van der Waals surface area contributed by atoms with E-state index in [0.29, 0.717) is 12.1 Å². The summed E-state index contributed by atoms with van der Waals surface area (Å²) in [4.78, 5) is 12.6. The van der Waals surface area contributed by atoms with Crippen molar-refractivity contribution in [1.82, 2.24) is 15.1 Å². The summed E-state index contributed by atoms with van der Waals surface area (Å²) in [5.41, 5.74) is 4.79. The lowest BCUT2D eigenvalue weighted by Gasteiger charge is -2.32. The van der Waals surface area contributed by atoms with Gasteiger partial charge in [0.25, 0.3) is 5.91 Å². The van der Waals surface area contributed by atoms with E-state index >= 15 is 0 Å². The van der Waals surface area contributed by atoms with E-state index in [-0.39, 0.29) is 17.9 Å². The van der Waals surface area contributed by atoms with Gasteiger partial charge in [-0.05, 0) is 39.2 Å². The molecule has 2 heterocycles. The average molecular weight is 341 g/mol. The van der Waals surface area contributed by atoms with E-state index in [1.807, 2.05) is 20.9 Å². The summed E-state index contributed by atoms with van der Waals surface area (Å²) in [5, 5.41) is 7.43. The van der Waals surface area contributed by atoms with Crippen LogP contribution in [0.3, 0.4) is 0 Å². The fourth-order valence-corrected chi connectivity index (χ4v) is 3.59. The van der Waals surface area contributed by atoms with Crippen molar-refractivity contribution in [3.05, 3.63) is 52.3 Å². The first-order valence-electron chi connectivity index (χ1n) is 8.94. The van der Waals surface area contributed by atoms with Gasteiger partial charge in [-0.25, -0.2) is 0 Å². The molecule has 1 aromatic carbocycles. The molecular weight excluding hydrogens is 314 g/mol. The molecular formula is C20H27N3O2. The third-order valence-electron chi connectivity index (χ3n) is 5.11. The zero-order valence-corrected chi connectivity index (χ0v) is 15.5. The van der Waals surface area contributed by atoms with Crippen molar-refractivity contribution in [1.29, 1.82) is 0 Å². The van der Waals surface area contributed by atoms with Gasteiger partial charge < -0.3 is 10.1 Å². The minimum absolute atomic E-state index is 0.0451. The van der Waals surface area contributed by atoms with Crippen LogP contribution in [0.15, 0.2) is 24.3 Å². The van der Waals surface area contributed by atoms with E-state index in [1.165, 1.54) is 11.1 Å². The summed E-state index contributed by atoms with van der Waals surface area (Å²) in [7, 11) is 1.86. The molecule has 0 radical (unpaired) electrons. The lowest BCUT2D eigenvalue weighted by atomic mass is 9.89. The van der Waals surface area contributed by atoms with Crippen LogP contribution in [0.2, 0.25) is 0 Å². The molecule has 134 valence electrons. The van der Waals surface area contributed by atoms with Crippen molar-refractivity contribution in [3.8, 4) is 0 Å². The Kier molecular flexibility index (Phi) is 5.23. The maximum atomic E-state index is 12.6. The number of hydrogen-bond acceptors (Lipinski definition) is 3. The molecule has 1 N–H and O–H groups in total. The maximum Gasteiger partial charge on any atom is 0.255 e. The summed E-state index contributed by atoms with van der Waals surface area (Å²) < 4.78 is 7.79. The molecule has 0 unspecified atom stereocenters. The molecule has 1 aliphatic heterocycles. The number of nitrogens with zero attached hydrogens (tertiary/aromatic N) is 2. The van der Waals surface area contributed by atoms with Gasteiger partial charge in [0.1, 0.15) is 0 Å². The topological polar surface area (TPSA) is 56.1 Å². The summed E-state index contributed by atoms with van der Waals surface area (Å²) in [5.74, 6) is 0.244. The first-order chi connectivity index (χ1) is 12.0. The van der Waals surface area contributed by atoms with Crippen LogP contribution in [0, 0.1) is 26.7 Å². The smallest absolute Gasteiger partial charge is 0.255 e.